The van der Waals surface area contributed by atoms with Gasteiger partial charge in [-0.25, -0.2) is 4.79 Å². The Morgan fingerprint density at radius 2 is 2.20 bits per heavy atom. The highest BCUT2D eigenvalue weighted by molar-refractivity contribution is 6.31. The number of nitrogens with zero attached hydrogens (tertiary/aromatic N) is 4. The highest BCUT2D eigenvalue weighted by Crippen LogP contribution is 2.30. The van der Waals surface area contributed by atoms with Gasteiger partial charge in [-0.15, -0.1) is 0 Å². The fraction of sp³-hybridized carbons (Fsp3) is 0.400. The van der Waals surface area contributed by atoms with E-state index in [1.165, 1.54) is 0 Å². The maximum atomic E-state index is 12.8. The van der Waals surface area contributed by atoms with E-state index in [4.69, 9.17) is 22.1 Å². The zero-order chi connectivity index (χ0) is 21.5. The molecule has 1 aromatic carbocycles. The first-order valence-electron chi connectivity index (χ1n) is 9.56. The summed E-state index contributed by atoms with van der Waals surface area (Å²) in [6.45, 7) is 3.41. The SMILES string of the molecule is Cc1cc(-c2nn3c(c2C(N)=O)CN(C(=O)NC2(C#N)CCOC2)CC3)ccc1Cl. The number of nitrogens with two attached hydrogens (primary N) is 1. The van der Waals surface area contributed by atoms with Crippen LogP contribution in [0, 0.1) is 18.3 Å². The van der Waals surface area contributed by atoms with E-state index in [1.807, 2.05) is 13.0 Å². The van der Waals surface area contributed by atoms with Gasteiger partial charge in [0.2, 0.25) is 0 Å². The second-order valence-electron chi connectivity index (χ2n) is 7.57. The molecule has 1 unspecified atom stereocenters. The average molecular weight is 429 g/mol. The number of rotatable bonds is 3. The third-order valence-electron chi connectivity index (χ3n) is 5.53. The molecule has 9 nitrogen and oxygen atoms in total. The predicted octanol–water partition coefficient (Wildman–Crippen LogP) is 1.82. The van der Waals surface area contributed by atoms with Gasteiger partial charge in [0.1, 0.15) is 5.69 Å². The molecular formula is C20H21ClN6O3. The van der Waals surface area contributed by atoms with Crippen LogP contribution in [-0.4, -0.2) is 51.9 Å². The highest BCUT2D eigenvalue weighted by Gasteiger charge is 2.39. The Kier molecular flexibility index (Phi) is 5.13. The quantitative estimate of drug-likeness (QED) is 0.770. The van der Waals surface area contributed by atoms with Gasteiger partial charge in [0.05, 0.1) is 43.6 Å². The Hall–Kier alpha value is -3.09. The van der Waals surface area contributed by atoms with E-state index in [2.05, 4.69) is 16.5 Å². The van der Waals surface area contributed by atoms with Crippen LogP contribution >= 0.6 is 11.6 Å². The van der Waals surface area contributed by atoms with Gasteiger partial charge in [-0.3, -0.25) is 9.48 Å². The first-order valence-corrected chi connectivity index (χ1v) is 9.93. The molecule has 1 aromatic heterocycles. The largest absolute Gasteiger partial charge is 0.378 e. The molecule has 30 heavy (non-hydrogen) atoms. The van der Waals surface area contributed by atoms with Crippen molar-refractivity contribution >= 4 is 23.5 Å². The van der Waals surface area contributed by atoms with Gasteiger partial charge in [-0.05, 0) is 24.6 Å². The van der Waals surface area contributed by atoms with Crippen LogP contribution in [0.3, 0.4) is 0 Å². The molecule has 10 heteroatoms. The number of carbonyl (C=O) groups excluding carboxylic acids is 2. The van der Waals surface area contributed by atoms with Crippen LogP contribution in [0.4, 0.5) is 4.79 Å². The standard InChI is InChI=1S/C20H21ClN6O3/c1-12-8-13(2-3-14(12)21)17-16(18(23)28)15-9-26(5-6-27(15)25-17)19(29)24-20(10-22)4-7-30-11-20/h2-3,8H,4-7,9,11H2,1H3,(H2,23,28)(H,24,29). The van der Waals surface area contributed by atoms with Crippen molar-refractivity contribution in [2.24, 2.45) is 5.73 Å². The first kappa shape index (κ1) is 20.2. The fourth-order valence-electron chi connectivity index (χ4n) is 3.81. The van der Waals surface area contributed by atoms with Crippen molar-refractivity contribution in [2.75, 3.05) is 19.8 Å². The molecule has 1 atom stereocenters. The number of aryl methyl sites for hydroxylation is 1. The summed E-state index contributed by atoms with van der Waals surface area (Å²) in [7, 11) is 0. The molecule has 1 fully saturated rings. The van der Waals surface area contributed by atoms with Crippen molar-refractivity contribution in [3.63, 3.8) is 0 Å². The molecular weight excluding hydrogens is 408 g/mol. The lowest BCUT2D eigenvalue weighted by molar-refractivity contribution is 0.0997. The summed E-state index contributed by atoms with van der Waals surface area (Å²) in [5, 5.41) is 17.4. The van der Waals surface area contributed by atoms with Crippen LogP contribution < -0.4 is 11.1 Å². The second kappa shape index (κ2) is 7.63. The average Bonchev–Trinajstić information content (AvgIpc) is 3.34. The Labute approximate surface area is 178 Å². The van der Waals surface area contributed by atoms with Gasteiger partial charge in [-0.1, -0.05) is 17.7 Å². The molecule has 2 aliphatic rings. The van der Waals surface area contributed by atoms with Crippen molar-refractivity contribution < 1.29 is 14.3 Å². The molecule has 0 aliphatic carbocycles. The second-order valence-corrected chi connectivity index (χ2v) is 7.98. The lowest BCUT2D eigenvalue weighted by atomic mass is 10.0. The molecule has 0 bridgehead atoms. The van der Waals surface area contributed by atoms with E-state index in [0.29, 0.717) is 42.5 Å². The highest BCUT2D eigenvalue weighted by atomic mass is 35.5. The number of halogens is 1. The molecule has 0 spiro atoms. The van der Waals surface area contributed by atoms with E-state index in [0.717, 1.165) is 11.1 Å². The maximum absolute atomic E-state index is 12.8. The Balaban J connectivity index is 1.64. The zero-order valence-corrected chi connectivity index (χ0v) is 17.2. The van der Waals surface area contributed by atoms with Gasteiger partial charge in [0.25, 0.3) is 5.91 Å². The molecule has 0 radical (unpaired) electrons. The topological polar surface area (TPSA) is 126 Å². The molecule has 3 amide bonds. The Morgan fingerprint density at radius 3 is 2.83 bits per heavy atom. The number of carbonyl (C=O) groups is 2. The van der Waals surface area contributed by atoms with Crippen LogP contribution in [0.25, 0.3) is 11.3 Å². The molecule has 156 valence electrons. The van der Waals surface area contributed by atoms with Crippen molar-refractivity contribution in [3.05, 3.63) is 40.0 Å². The van der Waals surface area contributed by atoms with E-state index in [-0.39, 0.29) is 24.7 Å². The summed E-state index contributed by atoms with van der Waals surface area (Å²) in [5.74, 6) is -0.612. The number of fused-ring (bicyclic) bond motifs is 1. The molecule has 3 heterocycles. The number of urea groups is 1. The zero-order valence-electron chi connectivity index (χ0n) is 16.4. The van der Waals surface area contributed by atoms with Crippen LogP contribution in [0.15, 0.2) is 18.2 Å². The van der Waals surface area contributed by atoms with Crippen LogP contribution in [0.5, 0.6) is 0 Å². The summed E-state index contributed by atoms with van der Waals surface area (Å²) in [5.41, 5.74) is 7.58. The van der Waals surface area contributed by atoms with Gasteiger partial charge >= 0.3 is 6.03 Å². The van der Waals surface area contributed by atoms with Crippen molar-refractivity contribution in [1.82, 2.24) is 20.0 Å². The van der Waals surface area contributed by atoms with Crippen molar-refractivity contribution in [1.29, 1.82) is 5.26 Å². The van der Waals surface area contributed by atoms with E-state index >= 15 is 0 Å². The number of benzene rings is 1. The predicted molar refractivity (Wildman–Crippen MR) is 109 cm³/mol. The van der Waals surface area contributed by atoms with E-state index in [9.17, 15) is 14.9 Å². The maximum Gasteiger partial charge on any atom is 0.319 e. The molecule has 2 aliphatic heterocycles. The van der Waals surface area contributed by atoms with Crippen LogP contribution in [0.2, 0.25) is 5.02 Å². The minimum Gasteiger partial charge on any atom is -0.378 e. The van der Waals surface area contributed by atoms with Gasteiger partial charge in [-0.2, -0.15) is 10.4 Å². The summed E-state index contributed by atoms with van der Waals surface area (Å²) >= 11 is 6.12. The summed E-state index contributed by atoms with van der Waals surface area (Å²) in [4.78, 5) is 26.7. The van der Waals surface area contributed by atoms with Crippen molar-refractivity contribution in [2.45, 2.75) is 32.0 Å². The summed E-state index contributed by atoms with van der Waals surface area (Å²) < 4.78 is 6.99. The number of nitrogens with one attached hydrogen (secondary N) is 1. The molecule has 0 saturated carbocycles. The smallest absolute Gasteiger partial charge is 0.319 e. The third-order valence-corrected chi connectivity index (χ3v) is 5.95. The molecule has 1 saturated heterocycles. The monoisotopic (exact) mass is 428 g/mol. The Morgan fingerprint density at radius 1 is 1.40 bits per heavy atom. The number of aromatic nitrogens is 2. The van der Waals surface area contributed by atoms with Crippen LogP contribution in [-0.2, 0) is 17.8 Å². The van der Waals surface area contributed by atoms with E-state index < -0.39 is 11.4 Å². The lowest BCUT2D eigenvalue weighted by Gasteiger charge is -2.31. The number of ether oxygens (including phenoxy) is 1. The van der Waals surface area contributed by atoms with E-state index in [1.54, 1.807) is 21.7 Å². The molecule has 2 aromatic rings. The Bertz CT molecular complexity index is 1070. The number of hydrogen-bond donors (Lipinski definition) is 2. The first-order chi connectivity index (χ1) is 14.3. The summed E-state index contributed by atoms with van der Waals surface area (Å²) in [6, 6.07) is 7.16. The number of primary amides is 1. The normalized spacial score (nSPS) is 20.5. The number of nitriles is 1. The fourth-order valence-corrected chi connectivity index (χ4v) is 3.93. The molecule has 4 rings (SSSR count). The number of hydrogen-bond acceptors (Lipinski definition) is 5. The van der Waals surface area contributed by atoms with Crippen molar-refractivity contribution in [3.8, 4) is 17.3 Å². The minimum atomic E-state index is -1.02. The minimum absolute atomic E-state index is 0.159. The molecule has 3 N–H and O–H groups in total. The van der Waals surface area contributed by atoms with Gasteiger partial charge in [0, 0.05) is 23.6 Å². The van der Waals surface area contributed by atoms with Gasteiger partial charge < -0.3 is 20.7 Å². The third kappa shape index (κ3) is 3.49. The van der Waals surface area contributed by atoms with Gasteiger partial charge in [0.15, 0.2) is 5.54 Å². The lowest BCUT2D eigenvalue weighted by Crippen LogP contribution is -2.54. The number of amides is 3. The van der Waals surface area contributed by atoms with Crippen LogP contribution in [0.1, 0.15) is 28.0 Å². The summed E-state index contributed by atoms with van der Waals surface area (Å²) in [6.07, 6.45) is 0.438.